The van der Waals surface area contributed by atoms with Crippen molar-refractivity contribution in [1.29, 1.82) is 0 Å². The Morgan fingerprint density at radius 2 is 1.75 bits per heavy atom. The van der Waals surface area contributed by atoms with Crippen LogP contribution in [-0.2, 0) is 6.54 Å². The van der Waals surface area contributed by atoms with Crippen molar-refractivity contribution in [3.8, 4) is 0 Å². The van der Waals surface area contributed by atoms with E-state index in [2.05, 4.69) is 50.3 Å². The molecule has 0 saturated carbocycles. The summed E-state index contributed by atoms with van der Waals surface area (Å²) in [5, 5.41) is 4.25. The molecule has 0 aliphatic rings. The average Bonchev–Trinajstić information content (AvgIpc) is 2.20. The molecule has 1 N–H and O–H groups in total. The highest BCUT2D eigenvalue weighted by Gasteiger charge is 2.19. The molecule has 2 nitrogen and oxygen atoms in total. The van der Waals surface area contributed by atoms with Crippen LogP contribution in [0.2, 0.25) is 5.02 Å². The van der Waals surface area contributed by atoms with Crippen molar-refractivity contribution < 1.29 is 0 Å². The smallest absolute Gasteiger partial charge is 0.0406 e. The zero-order valence-corrected chi connectivity index (χ0v) is 11.3. The molecule has 90 valence electrons. The highest BCUT2D eigenvalue weighted by Crippen LogP contribution is 2.11. The fourth-order valence-electron chi connectivity index (χ4n) is 1.27. The van der Waals surface area contributed by atoms with Crippen LogP contribution >= 0.6 is 11.6 Å². The Bertz CT molecular complexity index is 317. The summed E-state index contributed by atoms with van der Waals surface area (Å²) in [5.74, 6) is 0. The van der Waals surface area contributed by atoms with Gasteiger partial charge in [-0.25, -0.2) is 0 Å². The lowest BCUT2D eigenvalue weighted by molar-refractivity contribution is 0.190. The molecule has 0 saturated heterocycles. The molecule has 0 aliphatic carbocycles. The highest BCUT2D eigenvalue weighted by atomic mass is 35.5. The SMILES string of the molecule is CN(C)C(C)(C)CNCc1ccc(Cl)cc1. The lowest BCUT2D eigenvalue weighted by atomic mass is 10.0. The number of rotatable bonds is 5. The Morgan fingerprint density at radius 3 is 2.25 bits per heavy atom. The average molecular weight is 241 g/mol. The number of hydrogen-bond donors (Lipinski definition) is 1. The minimum Gasteiger partial charge on any atom is -0.311 e. The third kappa shape index (κ3) is 4.12. The first kappa shape index (κ1) is 13.5. The largest absolute Gasteiger partial charge is 0.311 e. The summed E-state index contributed by atoms with van der Waals surface area (Å²) in [5.41, 5.74) is 1.44. The number of nitrogens with zero attached hydrogens (tertiary/aromatic N) is 1. The summed E-state index contributed by atoms with van der Waals surface area (Å²) in [6.45, 7) is 6.29. The van der Waals surface area contributed by atoms with Gasteiger partial charge >= 0.3 is 0 Å². The van der Waals surface area contributed by atoms with E-state index in [-0.39, 0.29) is 5.54 Å². The Labute approximate surface area is 104 Å². The van der Waals surface area contributed by atoms with Gasteiger partial charge in [0.05, 0.1) is 0 Å². The van der Waals surface area contributed by atoms with E-state index < -0.39 is 0 Å². The number of benzene rings is 1. The molecule has 0 spiro atoms. The number of hydrogen-bond acceptors (Lipinski definition) is 2. The van der Waals surface area contributed by atoms with Crippen molar-refractivity contribution in [3.05, 3.63) is 34.9 Å². The first-order chi connectivity index (χ1) is 7.42. The molecule has 0 atom stereocenters. The quantitative estimate of drug-likeness (QED) is 0.852. The predicted octanol–water partition coefficient (Wildman–Crippen LogP) is 2.77. The minimum atomic E-state index is 0.173. The molecule has 1 aromatic carbocycles. The maximum absolute atomic E-state index is 5.83. The van der Waals surface area contributed by atoms with Gasteiger partial charge in [0.2, 0.25) is 0 Å². The van der Waals surface area contributed by atoms with Gasteiger partial charge in [-0.2, -0.15) is 0 Å². The topological polar surface area (TPSA) is 15.3 Å². The zero-order chi connectivity index (χ0) is 12.2. The number of halogens is 1. The van der Waals surface area contributed by atoms with E-state index in [1.165, 1.54) is 5.56 Å². The van der Waals surface area contributed by atoms with E-state index in [0.29, 0.717) is 0 Å². The molecule has 0 aliphatic heterocycles. The molecule has 0 unspecified atom stereocenters. The summed E-state index contributed by atoms with van der Waals surface area (Å²) < 4.78 is 0. The molecule has 0 bridgehead atoms. The van der Waals surface area contributed by atoms with Crippen LogP contribution in [0.15, 0.2) is 24.3 Å². The molecule has 16 heavy (non-hydrogen) atoms. The Balaban J connectivity index is 2.39. The lowest BCUT2D eigenvalue weighted by Crippen LogP contribution is -2.46. The van der Waals surface area contributed by atoms with Gasteiger partial charge in [-0.05, 0) is 45.6 Å². The number of nitrogens with one attached hydrogen (secondary N) is 1. The van der Waals surface area contributed by atoms with Gasteiger partial charge in [-0.3, -0.25) is 0 Å². The fourth-order valence-corrected chi connectivity index (χ4v) is 1.40. The van der Waals surface area contributed by atoms with Gasteiger partial charge in [0.25, 0.3) is 0 Å². The first-order valence-electron chi connectivity index (χ1n) is 5.54. The van der Waals surface area contributed by atoms with Gasteiger partial charge in [-0.1, -0.05) is 23.7 Å². The molecule has 0 aromatic heterocycles. The van der Waals surface area contributed by atoms with Crippen LogP contribution < -0.4 is 5.32 Å². The van der Waals surface area contributed by atoms with Crippen molar-refractivity contribution >= 4 is 11.6 Å². The first-order valence-corrected chi connectivity index (χ1v) is 5.92. The third-order valence-electron chi connectivity index (χ3n) is 3.01. The molecule has 3 heteroatoms. The van der Waals surface area contributed by atoms with Gasteiger partial charge in [0.15, 0.2) is 0 Å². The van der Waals surface area contributed by atoms with E-state index in [4.69, 9.17) is 11.6 Å². The third-order valence-corrected chi connectivity index (χ3v) is 3.26. The molecule has 0 radical (unpaired) electrons. The van der Waals surface area contributed by atoms with E-state index >= 15 is 0 Å². The molecule has 0 fully saturated rings. The van der Waals surface area contributed by atoms with Crippen molar-refractivity contribution in [3.63, 3.8) is 0 Å². The van der Waals surface area contributed by atoms with Crippen LogP contribution in [0.3, 0.4) is 0 Å². The second-order valence-corrected chi connectivity index (χ2v) is 5.37. The van der Waals surface area contributed by atoms with Crippen LogP contribution in [0.1, 0.15) is 19.4 Å². The summed E-state index contributed by atoms with van der Waals surface area (Å²) in [7, 11) is 4.20. The highest BCUT2D eigenvalue weighted by molar-refractivity contribution is 6.30. The van der Waals surface area contributed by atoms with Crippen LogP contribution in [-0.4, -0.2) is 31.1 Å². The standard InChI is InChI=1S/C13H21ClN2/c1-13(2,16(3)4)10-15-9-11-5-7-12(14)8-6-11/h5-8,15H,9-10H2,1-4H3. The van der Waals surface area contributed by atoms with Crippen molar-refractivity contribution in [1.82, 2.24) is 10.2 Å². The second kappa shape index (κ2) is 5.67. The van der Waals surface area contributed by atoms with Crippen LogP contribution in [0.4, 0.5) is 0 Å². The van der Waals surface area contributed by atoms with Crippen LogP contribution in [0.25, 0.3) is 0 Å². The summed E-state index contributed by atoms with van der Waals surface area (Å²) in [4.78, 5) is 2.22. The monoisotopic (exact) mass is 240 g/mol. The summed E-state index contributed by atoms with van der Waals surface area (Å²) in [6.07, 6.45) is 0. The summed E-state index contributed by atoms with van der Waals surface area (Å²) >= 11 is 5.83. The van der Waals surface area contributed by atoms with Crippen molar-refractivity contribution in [2.24, 2.45) is 0 Å². The summed E-state index contributed by atoms with van der Waals surface area (Å²) in [6, 6.07) is 7.96. The van der Waals surface area contributed by atoms with Gasteiger partial charge < -0.3 is 10.2 Å². The van der Waals surface area contributed by atoms with Crippen LogP contribution in [0.5, 0.6) is 0 Å². The Kier molecular flexibility index (Phi) is 4.78. The van der Waals surface area contributed by atoms with Crippen LogP contribution in [0, 0.1) is 0 Å². The normalized spacial score (nSPS) is 12.1. The lowest BCUT2D eigenvalue weighted by Gasteiger charge is -2.32. The molecule has 1 rings (SSSR count). The van der Waals surface area contributed by atoms with Crippen molar-refractivity contribution in [2.75, 3.05) is 20.6 Å². The molecule has 0 amide bonds. The zero-order valence-electron chi connectivity index (χ0n) is 10.5. The van der Waals surface area contributed by atoms with Gasteiger partial charge in [-0.15, -0.1) is 0 Å². The van der Waals surface area contributed by atoms with Gasteiger partial charge in [0, 0.05) is 23.7 Å². The van der Waals surface area contributed by atoms with E-state index in [9.17, 15) is 0 Å². The Hall–Kier alpha value is -0.570. The molecular weight excluding hydrogens is 220 g/mol. The number of likely N-dealkylation sites (N-methyl/N-ethyl adjacent to an activating group) is 1. The maximum atomic E-state index is 5.83. The van der Waals surface area contributed by atoms with E-state index in [0.717, 1.165) is 18.1 Å². The van der Waals surface area contributed by atoms with E-state index in [1.807, 2.05) is 12.1 Å². The molecule has 0 heterocycles. The minimum absolute atomic E-state index is 0.173. The molecular formula is C13H21ClN2. The molecule has 1 aromatic rings. The van der Waals surface area contributed by atoms with Crippen molar-refractivity contribution in [2.45, 2.75) is 25.9 Å². The predicted molar refractivity (Wildman–Crippen MR) is 70.9 cm³/mol. The fraction of sp³-hybridized carbons (Fsp3) is 0.538. The Morgan fingerprint density at radius 1 is 1.19 bits per heavy atom. The maximum Gasteiger partial charge on any atom is 0.0406 e. The van der Waals surface area contributed by atoms with E-state index in [1.54, 1.807) is 0 Å². The second-order valence-electron chi connectivity index (χ2n) is 4.94. The van der Waals surface area contributed by atoms with Gasteiger partial charge in [0.1, 0.15) is 0 Å².